The minimum atomic E-state index is -0.444. The molecule has 0 heterocycles. The van der Waals surface area contributed by atoms with Gasteiger partial charge in [0.25, 0.3) is 5.91 Å². The van der Waals surface area contributed by atoms with E-state index in [1.165, 1.54) is 30.7 Å². The predicted octanol–water partition coefficient (Wildman–Crippen LogP) is 1.79. The molecule has 6 heteroatoms. The normalized spacial score (nSPS) is 25.8. The van der Waals surface area contributed by atoms with Crippen molar-refractivity contribution in [2.75, 3.05) is 6.61 Å². The second kappa shape index (κ2) is 6.34. The number of nitrogens with one attached hydrogen (secondary N) is 2. The molecule has 2 bridgehead atoms. The standard InChI is InChI=1S/C16H19FN2O3/c17-12-3-5-13(6-4-12)22-9-15(20)18-19-16(21)14-8-10-1-2-11(14)7-10/h3-6,10-11,14H,1-2,7-9H2,(H,18,20)(H,19,21). The molecule has 2 aliphatic carbocycles. The van der Waals surface area contributed by atoms with Gasteiger partial charge < -0.3 is 4.74 Å². The van der Waals surface area contributed by atoms with Gasteiger partial charge in [-0.3, -0.25) is 20.4 Å². The first-order chi connectivity index (χ1) is 10.6. The van der Waals surface area contributed by atoms with E-state index < -0.39 is 5.91 Å². The number of amides is 2. The zero-order chi connectivity index (χ0) is 15.5. The highest BCUT2D eigenvalue weighted by molar-refractivity contribution is 5.84. The average molecular weight is 306 g/mol. The molecule has 2 aliphatic rings. The van der Waals surface area contributed by atoms with Crippen molar-refractivity contribution in [3.8, 4) is 5.75 Å². The van der Waals surface area contributed by atoms with Crippen LogP contribution in [0.25, 0.3) is 0 Å². The molecule has 118 valence electrons. The van der Waals surface area contributed by atoms with Crippen molar-refractivity contribution < 1.29 is 18.7 Å². The monoisotopic (exact) mass is 306 g/mol. The number of hydrogen-bond donors (Lipinski definition) is 2. The van der Waals surface area contributed by atoms with Crippen molar-refractivity contribution in [1.82, 2.24) is 10.9 Å². The Morgan fingerprint density at radius 1 is 1.14 bits per heavy atom. The van der Waals surface area contributed by atoms with Crippen LogP contribution in [-0.4, -0.2) is 18.4 Å². The van der Waals surface area contributed by atoms with Gasteiger partial charge in [-0.2, -0.15) is 0 Å². The van der Waals surface area contributed by atoms with E-state index in [-0.39, 0.29) is 24.2 Å². The van der Waals surface area contributed by atoms with Crippen molar-refractivity contribution in [2.24, 2.45) is 17.8 Å². The summed E-state index contributed by atoms with van der Waals surface area (Å²) >= 11 is 0. The highest BCUT2D eigenvalue weighted by Gasteiger charge is 2.43. The molecule has 0 saturated heterocycles. The lowest BCUT2D eigenvalue weighted by molar-refractivity contribution is -0.133. The lowest BCUT2D eigenvalue weighted by Gasteiger charge is -2.20. The van der Waals surface area contributed by atoms with Gasteiger partial charge >= 0.3 is 0 Å². The van der Waals surface area contributed by atoms with Gasteiger partial charge in [-0.15, -0.1) is 0 Å². The van der Waals surface area contributed by atoms with Crippen LogP contribution in [0.2, 0.25) is 0 Å². The number of benzene rings is 1. The third kappa shape index (κ3) is 3.37. The summed E-state index contributed by atoms with van der Waals surface area (Å²) in [5.74, 6) is 0.654. The number of hydrogen-bond acceptors (Lipinski definition) is 3. The summed E-state index contributed by atoms with van der Waals surface area (Å²) in [5.41, 5.74) is 4.84. The van der Waals surface area contributed by atoms with Gasteiger partial charge in [0.05, 0.1) is 0 Å². The second-order valence-electron chi connectivity index (χ2n) is 6.06. The molecular weight excluding hydrogens is 287 g/mol. The summed E-state index contributed by atoms with van der Waals surface area (Å²) in [5, 5.41) is 0. The van der Waals surface area contributed by atoms with Gasteiger partial charge in [-0.25, -0.2) is 4.39 Å². The Morgan fingerprint density at radius 3 is 2.55 bits per heavy atom. The Labute approximate surface area is 128 Å². The Bertz CT molecular complexity index is 561. The summed E-state index contributed by atoms with van der Waals surface area (Å²) in [6.45, 7) is -0.233. The zero-order valence-corrected chi connectivity index (χ0v) is 12.2. The van der Waals surface area contributed by atoms with Crippen molar-refractivity contribution in [1.29, 1.82) is 0 Å². The van der Waals surface area contributed by atoms with Crippen LogP contribution in [0.4, 0.5) is 4.39 Å². The number of hydrazine groups is 1. The molecule has 3 rings (SSSR count). The van der Waals surface area contributed by atoms with Gasteiger partial charge in [0.2, 0.25) is 5.91 Å². The minimum absolute atomic E-state index is 0.0251. The smallest absolute Gasteiger partial charge is 0.276 e. The summed E-state index contributed by atoms with van der Waals surface area (Å²) in [7, 11) is 0. The minimum Gasteiger partial charge on any atom is -0.484 e. The van der Waals surface area contributed by atoms with Gasteiger partial charge in [0, 0.05) is 5.92 Å². The van der Waals surface area contributed by atoms with Crippen molar-refractivity contribution in [3.63, 3.8) is 0 Å². The van der Waals surface area contributed by atoms with Crippen LogP contribution in [0.3, 0.4) is 0 Å². The first-order valence-corrected chi connectivity index (χ1v) is 7.59. The Hall–Kier alpha value is -2.11. The molecule has 5 nitrogen and oxygen atoms in total. The van der Waals surface area contributed by atoms with E-state index in [9.17, 15) is 14.0 Å². The van der Waals surface area contributed by atoms with Crippen LogP contribution < -0.4 is 15.6 Å². The van der Waals surface area contributed by atoms with E-state index in [1.807, 2.05) is 0 Å². The summed E-state index contributed by atoms with van der Waals surface area (Å²) < 4.78 is 17.9. The molecule has 0 aliphatic heterocycles. The lowest BCUT2D eigenvalue weighted by Crippen LogP contribution is -2.47. The third-order valence-electron chi connectivity index (χ3n) is 4.58. The maximum absolute atomic E-state index is 12.7. The topological polar surface area (TPSA) is 67.4 Å². The first kappa shape index (κ1) is 14.8. The number of ether oxygens (including phenoxy) is 1. The molecule has 0 radical (unpaired) electrons. The number of carbonyl (C=O) groups excluding carboxylic acids is 2. The molecule has 0 spiro atoms. The summed E-state index contributed by atoms with van der Waals surface area (Å²) in [6, 6.07) is 5.39. The average Bonchev–Trinajstić information content (AvgIpc) is 3.15. The van der Waals surface area contributed by atoms with Gasteiger partial charge in [-0.1, -0.05) is 6.42 Å². The first-order valence-electron chi connectivity index (χ1n) is 7.59. The zero-order valence-electron chi connectivity index (χ0n) is 12.2. The SMILES string of the molecule is O=C(COc1ccc(F)cc1)NNC(=O)C1CC2CCC1C2. The Balaban J connectivity index is 1.39. The molecule has 1 aromatic carbocycles. The van der Waals surface area contributed by atoms with Gasteiger partial charge in [0.1, 0.15) is 11.6 Å². The van der Waals surface area contributed by atoms with Crippen molar-refractivity contribution in [3.05, 3.63) is 30.1 Å². The number of carbonyl (C=O) groups is 2. The molecule has 3 atom stereocenters. The molecule has 2 N–H and O–H groups in total. The summed E-state index contributed by atoms with van der Waals surface area (Å²) in [6.07, 6.45) is 4.41. The Morgan fingerprint density at radius 2 is 1.91 bits per heavy atom. The van der Waals surface area contributed by atoms with E-state index in [0.717, 1.165) is 19.3 Å². The third-order valence-corrected chi connectivity index (χ3v) is 4.58. The van der Waals surface area contributed by atoms with Crippen LogP contribution in [0.1, 0.15) is 25.7 Å². The van der Waals surface area contributed by atoms with Gasteiger partial charge in [0.15, 0.2) is 6.61 Å². The Kier molecular flexibility index (Phi) is 4.27. The fourth-order valence-electron chi connectivity index (χ4n) is 3.51. The fraction of sp³-hybridized carbons (Fsp3) is 0.500. The van der Waals surface area contributed by atoms with E-state index in [0.29, 0.717) is 17.6 Å². The number of halogens is 1. The van der Waals surface area contributed by atoms with Crippen LogP contribution in [-0.2, 0) is 9.59 Å². The van der Waals surface area contributed by atoms with E-state index in [2.05, 4.69) is 10.9 Å². The molecule has 0 aromatic heterocycles. The van der Waals surface area contributed by atoms with E-state index in [4.69, 9.17) is 4.74 Å². The number of rotatable bonds is 4. The van der Waals surface area contributed by atoms with Crippen LogP contribution in [0, 0.1) is 23.6 Å². The van der Waals surface area contributed by atoms with Crippen molar-refractivity contribution >= 4 is 11.8 Å². The molecule has 2 amide bonds. The predicted molar refractivity (Wildman–Crippen MR) is 77.1 cm³/mol. The molecule has 3 unspecified atom stereocenters. The molecule has 22 heavy (non-hydrogen) atoms. The lowest BCUT2D eigenvalue weighted by atomic mass is 9.88. The quantitative estimate of drug-likeness (QED) is 0.833. The number of fused-ring (bicyclic) bond motifs is 2. The molecule has 1 aromatic rings. The van der Waals surface area contributed by atoms with Crippen LogP contribution in [0.15, 0.2) is 24.3 Å². The molecule has 2 saturated carbocycles. The largest absolute Gasteiger partial charge is 0.484 e. The van der Waals surface area contributed by atoms with Crippen LogP contribution >= 0.6 is 0 Å². The maximum Gasteiger partial charge on any atom is 0.276 e. The maximum atomic E-state index is 12.7. The van der Waals surface area contributed by atoms with E-state index in [1.54, 1.807) is 0 Å². The summed E-state index contributed by atoms with van der Waals surface area (Å²) in [4.78, 5) is 23.7. The highest BCUT2D eigenvalue weighted by atomic mass is 19.1. The molecule has 2 fully saturated rings. The van der Waals surface area contributed by atoms with Crippen LogP contribution in [0.5, 0.6) is 5.75 Å². The second-order valence-corrected chi connectivity index (χ2v) is 6.06. The highest BCUT2D eigenvalue weighted by Crippen LogP contribution is 2.48. The fourth-order valence-corrected chi connectivity index (χ4v) is 3.51. The van der Waals surface area contributed by atoms with E-state index >= 15 is 0 Å². The van der Waals surface area contributed by atoms with Crippen molar-refractivity contribution in [2.45, 2.75) is 25.7 Å². The molecular formula is C16H19FN2O3. The van der Waals surface area contributed by atoms with Gasteiger partial charge in [-0.05, 0) is 55.4 Å².